The minimum Gasteiger partial charge on any atom is -1.00 e. The number of nitrogens with zero attached hydrogens (tertiary/aromatic N) is 1. The predicted molar refractivity (Wildman–Crippen MR) is 118 cm³/mol. The molecule has 1 fully saturated rings. The van der Waals surface area contributed by atoms with Crippen molar-refractivity contribution >= 4 is 5.69 Å². The van der Waals surface area contributed by atoms with Crippen molar-refractivity contribution in [2.45, 2.75) is 12.6 Å². The Labute approximate surface area is 208 Å². The Kier molecular flexibility index (Phi) is 12.5. The first-order chi connectivity index (χ1) is 15.1. The van der Waals surface area contributed by atoms with E-state index in [0.717, 1.165) is 32.7 Å². The van der Waals surface area contributed by atoms with Gasteiger partial charge in [-0.1, -0.05) is 18.2 Å². The number of para-hydroxylation sites is 1. The lowest BCUT2D eigenvalue weighted by Crippen LogP contribution is -3.16. The van der Waals surface area contributed by atoms with Crippen LogP contribution in [-0.4, -0.2) is 71.9 Å². The number of hydrogen-bond donors (Lipinski definition) is 3. The van der Waals surface area contributed by atoms with E-state index >= 15 is 0 Å². The average Bonchev–Trinajstić information content (AvgIpc) is 2.82. The van der Waals surface area contributed by atoms with Crippen molar-refractivity contribution in [1.82, 2.24) is 0 Å². The molecule has 0 bridgehead atoms. The third kappa shape index (κ3) is 7.45. The monoisotopic (exact) mass is 503 g/mol. The van der Waals surface area contributed by atoms with Crippen molar-refractivity contribution in [2.75, 3.05) is 65.6 Å². The van der Waals surface area contributed by atoms with E-state index in [4.69, 9.17) is 18.9 Å². The van der Waals surface area contributed by atoms with Crippen LogP contribution < -0.4 is 59.3 Å². The molecule has 0 aliphatic carbocycles. The third-order valence-electron chi connectivity index (χ3n) is 5.68. The third-order valence-corrected chi connectivity index (χ3v) is 5.68. The van der Waals surface area contributed by atoms with E-state index in [9.17, 15) is 5.11 Å². The Morgan fingerprint density at radius 3 is 2.15 bits per heavy atom. The molecular weight excluding hydrogens is 469 g/mol. The Morgan fingerprint density at radius 2 is 1.61 bits per heavy atom. The normalized spacial score (nSPS) is 14.5. The number of halogens is 2. The number of rotatable bonds is 10. The summed E-state index contributed by atoms with van der Waals surface area (Å²) in [6.45, 7) is 5.53. The summed E-state index contributed by atoms with van der Waals surface area (Å²) in [5, 5.41) is 10.5. The lowest BCUT2D eigenvalue weighted by Gasteiger charge is -2.35. The summed E-state index contributed by atoms with van der Waals surface area (Å²) >= 11 is 0. The van der Waals surface area contributed by atoms with Gasteiger partial charge >= 0.3 is 0 Å². The molecule has 33 heavy (non-hydrogen) atoms. The Balaban J connectivity index is 0.00000272. The molecule has 2 aromatic rings. The fourth-order valence-electron chi connectivity index (χ4n) is 4.02. The maximum Gasteiger partial charge on any atom is 0.203 e. The molecule has 5 N–H and O–H groups in total. The zero-order valence-electron chi connectivity index (χ0n) is 19.5. The van der Waals surface area contributed by atoms with Crippen LogP contribution in [0.1, 0.15) is 5.56 Å². The Hall–Kier alpha value is -2.10. The lowest BCUT2D eigenvalue weighted by molar-refractivity contribution is -0.903. The SMILES string of the molecule is COc1cc(OCC(O)C[NH+]2CCN(c3ccccc3C[NH3+])CC2)cc(OC)c1OC.[Cl-].[Cl-]. The molecule has 0 radical (unpaired) electrons. The van der Waals surface area contributed by atoms with E-state index in [1.165, 1.54) is 16.2 Å². The summed E-state index contributed by atoms with van der Waals surface area (Å²) in [7, 11) is 4.69. The summed E-state index contributed by atoms with van der Waals surface area (Å²) in [5.74, 6) is 2.13. The molecule has 1 aliphatic rings. The van der Waals surface area contributed by atoms with E-state index in [1.54, 1.807) is 33.5 Å². The van der Waals surface area contributed by atoms with Crippen molar-refractivity contribution in [3.8, 4) is 23.0 Å². The number of nitrogens with one attached hydrogen (secondary N) is 1. The van der Waals surface area contributed by atoms with Gasteiger partial charge in [-0.05, 0) is 6.07 Å². The van der Waals surface area contributed by atoms with E-state index < -0.39 is 6.10 Å². The topological polar surface area (TPSA) is 92.5 Å². The van der Waals surface area contributed by atoms with Gasteiger partial charge in [0.1, 0.15) is 31.5 Å². The van der Waals surface area contributed by atoms with Gasteiger partial charge < -0.3 is 64.4 Å². The summed E-state index contributed by atoms with van der Waals surface area (Å²) in [5.41, 5.74) is 6.60. The van der Waals surface area contributed by atoms with Gasteiger partial charge in [0.2, 0.25) is 5.75 Å². The van der Waals surface area contributed by atoms with Gasteiger partial charge in [0.05, 0.1) is 47.5 Å². The van der Waals surface area contributed by atoms with Crippen LogP contribution in [0.4, 0.5) is 5.69 Å². The van der Waals surface area contributed by atoms with Crippen LogP contribution in [0.25, 0.3) is 0 Å². The molecule has 1 heterocycles. The highest BCUT2D eigenvalue weighted by Crippen LogP contribution is 2.40. The molecule has 0 spiro atoms. The minimum absolute atomic E-state index is 0. The molecule has 3 rings (SSSR count). The molecule has 0 amide bonds. The highest BCUT2D eigenvalue weighted by atomic mass is 35.5. The number of piperazine rings is 1. The van der Waals surface area contributed by atoms with Crippen LogP contribution in [0.15, 0.2) is 36.4 Å². The fraction of sp³-hybridized carbons (Fsp3) is 0.478. The molecule has 1 unspecified atom stereocenters. The number of hydrogen-bond acceptors (Lipinski definition) is 6. The van der Waals surface area contributed by atoms with E-state index in [-0.39, 0.29) is 31.4 Å². The van der Waals surface area contributed by atoms with Gasteiger partial charge in [-0.3, -0.25) is 0 Å². The van der Waals surface area contributed by atoms with Crippen molar-refractivity contribution in [1.29, 1.82) is 0 Å². The number of anilines is 1. The summed E-state index contributed by atoms with van der Waals surface area (Å²) < 4.78 is 21.8. The van der Waals surface area contributed by atoms with Gasteiger partial charge in [-0.15, -0.1) is 0 Å². The summed E-state index contributed by atoms with van der Waals surface area (Å²) in [6, 6.07) is 11.9. The van der Waals surface area contributed by atoms with Crippen molar-refractivity contribution in [3.63, 3.8) is 0 Å². The molecule has 8 nitrogen and oxygen atoms in total. The van der Waals surface area contributed by atoms with Gasteiger partial charge in [0.25, 0.3) is 0 Å². The molecule has 186 valence electrons. The van der Waals surface area contributed by atoms with E-state index in [1.807, 2.05) is 0 Å². The number of benzene rings is 2. The first-order valence-electron chi connectivity index (χ1n) is 10.7. The number of aliphatic hydroxyl groups excluding tert-OH is 1. The molecule has 10 heteroatoms. The quantitative estimate of drug-likeness (QED) is 0.298. The van der Waals surface area contributed by atoms with Crippen LogP contribution in [0.5, 0.6) is 23.0 Å². The number of ether oxygens (including phenoxy) is 4. The van der Waals surface area contributed by atoms with Gasteiger partial charge in [-0.2, -0.15) is 0 Å². The maximum absolute atomic E-state index is 10.5. The molecule has 1 saturated heterocycles. The highest BCUT2D eigenvalue weighted by Gasteiger charge is 2.24. The lowest BCUT2D eigenvalue weighted by atomic mass is 10.1. The number of aliphatic hydroxyl groups is 1. The van der Waals surface area contributed by atoms with Gasteiger partial charge in [0.15, 0.2) is 11.5 Å². The average molecular weight is 504 g/mol. The maximum atomic E-state index is 10.5. The zero-order chi connectivity index (χ0) is 22.2. The second-order valence-corrected chi connectivity index (χ2v) is 7.65. The second-order valence-electron chi connectivity index (χ2n) is 7.65. The molecule has 2 aromatic carbocycles. The first kappa shape index (κ1) is 28.9. The summed E-state index contributed by atoms with van der Waals surface area (Å²) in [6.07, 6.45) is -0.562. The molecule has 0 aromatic heterocycles. The Morgan fingerprint density at radius 1 is 1.00 bits per heavy atom. The summed E-state index contributed by atoms with van der Waals surface area (Å²) in [4.78, 5) is 3.80. The van der Waals surface area contributed by atoms with Crippen LogP contribution in [0.3, 0.4) is 0 Å². The van der Waals surface area contributed by atoms with Crippen LogP contribution >= 0.6 is 0 Å². The first-order valence-corrected chi connectivity index (χ1v) is 10.7. The smallest absolute Gasteiger partial charge is 0.203 e. The standard InChI is InChI=1S/C23H33N3O5.2ClH/c1-28-21-12-19(13-22(29-2)23(21)30-3)31-16-18(27)15-25-8-10-26(11-9-25)20-7-5-4-6-17(20)14-24;;/h4-7,12-13,18,27H,8-11,14-16,24H2,1-3H3;2*1H. The van der Waals surface area contributed by atoms with E-state index in [2.05, 4.69) is 34.9 Å². The molecular formula is C23H35Cl2N3O5. The van der Waals surface area contributed by atoms with Gasteiger partial charge in [0, 0.05) is 23.4 Å². The molecule has 1 atom stereocenters. The van der Waals surface area contributed by atoms with Crippen LogP contribution in [-0.2, 0) is 6.54 Å². The van der Waals surface area contributed by atoms with Crippen molar-refractivity contribution in [2.24, 2.45) is 0 Å². The fourth-order valence-corrected chi connectivity index (χ4v) is 4.02. The number of methoxy groups -OCH3 is 3. The molecule has 0 saturated carbocycles. The Bertz CT molecular complexity index is 826. The second kappa shape index (κ2) is 14.2. The van der Waals surface area contributed by atoms with Crippen molar-refractivity contribution in [3.05, 3.63) is 42.0 Å². The minimum atomic E-state index is -0.562. The highest BCUT2D eigenvalue weighted by molar-refractivity contribution is 5.56. The van der Waals surface area contributed by atoms with Crippen LogP contribution in [0.2, 0.25) is 0 Å². The van der Waals surface area contributed by atoms with Gasteiger partial charge in [-0.25, -0.2) is 0 Å². The van der Waals surface area contributed by atoms with Crippen LogP contribution in [0, 0.1) is 0 Å². The molecule has 1 aliphatic heterocycles. The number of quaternary nitrogens is 2. The van der Waals surface area contributed by atoms with Crippen molar-refractivity contribution < 1.29 is 59.5 Å². The van der Waals surface area contributed by atoms with E-state index in [0.29, 0.717) is 29.5 Å². The largest absolute Gasteiger partial charge is 1.00 e. The predicted octanol–water partition coefficient (Wildman–Crippen LogP) is -6.39. The zero-order valence-corrected chi connectivity index (χ0v) is 21.0.